The summed E-state index contributed by atoms with van der Waals surface area (Å²) in [5, 5.41) is 3.74. The minimum atomic E-state index is 0.237. The number of hydrogen-bond acceptors (Lipinski definition) is 2. The highest BCUT2D eigenvalue weighted by molar-refractivity contribution is 5.43. The van der Waals surface area contributed by atoms with Crippen LogP contribution in [0.3, 0.4) is 0 Å². The molecule has 1 unspecified atom stereocenters. The topological polar surface area (TPSA) is 21.3 Å². The summed E-state index contributed by atoms with van der Waals surface area (Å²) in [6.07, 6.45) is 2.31. The summed E-state index contributed by atoms with van der Waals surface area (Å²) < 4.78 is 5.43. The van der Waals surface area contributed by atoms with Crippen molar-refractivity contribution < 1.29 is 4.74 Å². The average Bonchev–Trinajstić information content (AvgIpc) is 2.42. The van der Waals surface area contributed by atoms with Gasteiger partial charge >= 0.3 is 0 Å². The van der Waals surface area contributed by atoms with Gasteiger partial charge in [0.05, 0.1) is 7.11 Å². The van der Waals surface area contributed by atoms with Crippen molar-refractivity contribution >= 4 is 0 Å². The van der Waals surface area contributed by atoms with Crippen LogP contribution in [0.4, 0.5) is 0 Å². The molecule has 0 aliphatic heterocycles. The fourth-order valence-corrected chi connectivity index (χ4v) is 2.64. The first kappa shape index (κ1) is 17.0. The van der Waals surface area contributed by atoms with Crippen molar-refractivity contribution in [2.24, 2.45) is 5.41 Å². The normalized spacial score (nSPS) is 13.3. The number of aryl methyl sites for hydroxylation is 2. The lowest BCUT2D eigenvalue weighted by Gasteiger charge is -2.36. The van der Waals surface area contributed by atoms with Gasteiger partial charge in [-0.25, -0.2) is 0 Å². The van der Waals surface area contributed by atoms with E-state index in [1.807, 2.05) is 0 Å². The predicted molar refractivity (Wildman–Crippen MR) is 87.6 cm³/mol. The Morgan fingerprint density at radius 3 is 2.30 bits per heavy atom. The molecular formula is C18H31NO. The van der Waals surface area contributed by atoms with Crippen LogP contribution in [0.15, 0.2) is 12.1 Å². The van der Waals surface area contributed by atoms with E-state index in [2.05, 4.69) is 59.0 Å². The largest absolute Gasteiger partial charge is 0.496 e. The molecule has 2 heteroatoms. The van der Waals surface area contributed by atoms with Crippen LogP contribution < -0.4 is 10.1 Å². The lowest BCUT2D eigenvalue weighted by molar-refractivity contribution is 0.234. The molecular weight excluding hydrogens is 246 g/mol. The summed E-state index contributed by atoms with van der Waals surface area (Å²) in [4.78, 5) is 0. The second kappa shape index (κ2) is 7.12. The van der Waals surface area contributed by atoms with Crippen LogP contribution in [0.5, 0.6) is 5.75 Å². The molecule has 0 radical (unpaired) electrons. The number of benzene rings is 1. The van der Waals surface area contributed by atoms with Crippen molar-refractivity contribution in [2.45, 2.75) is 60.4 Å². The van der Waals surface area contributed by atoms with Gasteiger partial charge in [0.1, 0.15) is 5.75 Å². The maximum atomic E-state index is 5.43. The summed E-state index contributed by atoms with van der Waals surface area (Å²) >= 11 is 0. The van der Waals surface area contributed by atoms with Crippen molar-refractivity contribution in [3.05, 3.63) is 28.8 Å². The average molecular weight is 277 g/mol. The maximum absolute atomic E-state index is 5.43. The van der Waals surface area contributed by atoms with Crippen molar-refractivity contribution in [1.29, 1.82) is 0 Å². The van der Waals surface area contributed by atoms with Crippen molar-refractivity contribution in [3.63, 3.8) is 0 Å². The fraction of sp³-hybridized carbons (Fsp3) is 0.667. The molecule has 0 heterocycles. The minimum absolute atomic E-state index is 0.237. The molecule has 1 aromatic rings. The van der Waals surface area contributed by atoms with Crippen LogP contribution in [-0.4, -0.2) is 13.7 Å². The molecule has 1 N–H and O–H groups in total. The van der Waals surface area contributed by atoms with E-state index in [9.17, 15) is 0 Å². The molecule has 2 nitrogen and oxygen atoms in total. The summed E-state index contributed by atoms with van der Waals surface area (Å²) in [5.41, 5.74) is 4.16. The first-order chi connectivity index (χ1) is 9.37. The molecule has 0 amide bonds. The molecule has 0 saturated carbocycles. The molecule has 1 rings (SSSR count). The van der Waals surface area contributed by atoms with E-state index in [1.165, 1.54) is 16.7 Å². The number of ether oxygens (including phenoxy) is 1. The van der Waals surface area contributed by atoms with Gasteiger partial charge in [0.15, 0.2) is 0 Å². The highest BCUT2D eigenvalue weighted by Gasteiger charge is 2.30. The third-order valence-corrected chi connectivity index (χ3v) is 4.39. The van der Waals surface area contributed by atoms with E-state index in [0.717, 1.165) is 25.1 Å². The second-order valence-electron chi connectivity index (χ2n) is 6.41. The van der Waals surface area contributed by atoms with Crippen LogP contribution in [0.25, 0.3) is 0 Å². The summed E-state index contributed by atoms with van der Waals surface area (Å²) in [6.45, 7) is 14.5. The summed E-state index contributed by atoms with van der Waals surface area (Å²) in [7, 11) is 1.74. The molecule has 1 atom stereocenters. The molecule has 0 aromatic heterocycles. The quantitative estimate of drug-likeness (QED) is 0.773. The van der Waals surface area contributed by atoms with Crippen molar-refractivity contribution in [2.75, 3.05) is 13.7 Å². The fourth-order valence-electron chi connectivity index (χ4n) is 2.64. The Morgan fingerprint density at radius 1 is 1.15 bits per heavy atom. The summed E-state index contributed by atoms with van der Waals surface area (Å²) in [5.74, 6) is 0.981. The molecule has 0 spiro atoms. The SMILES string of the molecule is CCCNC(c1cc(C)c(OC)cc1C)C(C)(C)CC. The Balaban J connectivity index is 3.23. The maximum Gasteiger partial charge on any atom is 0.122 e. The minimum Gasteiger partial charge on any atom is -0.496 e. The van der Waals surface area contributed by atoms with Gasteiger partial charge in [0.25, 0.3) is 0 Å². The van der Waals surface area contributed by atoms with Crippen LogP contribution in [0.1, 0.15) is 63.3 Å². The zero-order valence-corrected chi connectivity index (χ0v) is 14.3. The van der Waals surface area contributed by atoms with E-state index in [1.54, 1.807) is 7.11 Å². The number of rotatable bonds is 7. The third kappa shape index (κ3) is 3.76. The van der Waals surface area contributed by atoms with Crippen LogP contribution in [0.2, 0.25) is 0 Å². The number of hydrogen-bond donors (Lipinski definition) is 1. The highest BCUT2D eigenvalue weighted by atomic mass is 16.5. The van der Waals surface area contributed by atoms with E-state index in [-0.39, 0.29) is 5.41 Å². The lowest BCUT2D eigenvalue weighted by Crippen LogP contribution is -2.35. The van der Waals surface area contributed by atoms with Gasteiger partial charge in [-0.15, -0.1) is 0 Å². The third-order valence-electron chi connectivity index (χ3n) is 4.39. The number of methoxy groups -OCH3 is 1. The smallest absolute Gasteiger partial charge is 0.122 e. The second-order valence-corrected chi connectivity index (χ2v) is 6.41. The number of nitrogens with one attached hydrogen (secondary N) is 1. The first-order valence-corrected chi connectivity index (χ1v) is 7.75. The highest BCUT2D eigenvalue weighted by Crippen LogP contribution is 2.39. The zero-order valence-electron chi connectivity index (χ0n) is 14.3. The van der Waals surface area contributed by atoms with Gasteiger partial charge in [0.2, 0.25) is 0 Å². The van der Waals surface area contributed by atoms with Crippen molar-refractivity contribution in [3.8, 4) is 5.75 Å². The Kier molecular flexibility index (Phi) is 6.07. The van der Waals surface area contributed by atoms with Crippen LogP contribution in [0, 0.1) is 19.3 Å². The van der Waals surface area contributed by atoms with Gasteiger partial charge in [-0.2, -0.15) is 0 Å². The summed E-state index contributed by atoms with van der Waals surface area (Å²) in [6, 6.07) is 4.84. The van der Waals surface area contributed by atoms with E-state index in [4.69, 9.17) is 4.74 Å². The molecule has 1 aromatic carbocycles. The van der Waals surface area contributed by atoms with Gasteiger partial charge in [-0.1, -0.05) is 33.8 Å². The van der Waals surface area contributed by atoms with E-state index >= 15 is 0 Å². The van der Waals surface area contributed by atoms with Gasteiger partial charge < -0.3 is 10.1 Å². The Labute approximate surface area is 124 Å². The lowest BCUT2D eigenvalue weighted by atomic mass is 9.76. The monoisotopic (exact) mass is 277 g/mol. The molecule has 0 saturated heterocycles. The zero-order chi connectivity index (χ0) is 15.3. The molecule has 0 aliphatic rings. The van der Waals surface area contributed by atoms with E-state index < -0.39 is 0 Å². The molecule has 20 heavy (non-hydrogen) atoms. The molecule has 114 valence electrons. The van der Waals surface area contributed by atoms with Crippen LogP contribution in [-0.2, 0) is 0 Å². The van der Waals surface area contributed by atoms with Gasteiger partial charge in [0, 0.05) is 6.04 Å². The Morgan fingerprint density at radius 2 is 1.80 bits per heavy atom. The van der Waals surface area contributed by atoms with E-state index in [0.29, 0.717) is 6.04 Å². The predicted octanol–water partition coefficient (Wildman–Crippen LogP) is 4.79. The van der Waals surface area contributed by atoms with Crippen LogP contribution >= 0.6 is 0 Å². The molecule has 0 fully saturated rings. The first-order valence-electron chi connectivity index (χ1n) is 7.75. The molecule has 0 bridgehead atoms. The van der Waals surface area contributed by atoms with Gasteiger partial charge in [-0.05, 0) is 61.4 Å². The Hall–Kier alpha value is -1.02. The Bertz CT molecular complexity index is 437. The van der Waals surface area contributed by atoms with Gasteiger partial charge in [-0.3, -0.25) is 0 Å². The van der Waals surface area contributed by atoms with Crippen molar-refractivity contribution in [1.82, 2.24) is 5.32 Å². The molecule has 0 aliphatic carbocycles. The standard InChI is InChI=1S/C18H31NO/c1-8-10-19-17(18(5,6)9-2)15-11-14(4)16(20-7)12-13(15)3/h11-12,17,19H,8-10H2,1-7H3.